The van der Waals surface area contributed by atoms with Crippen molar-refractivity contribution in [3.05, 3.63) is 35.9 Å². The van der Waals surface area contributed by atoms with E-state index in [2.05, 4.69) is 17.6 Å². The average Bonchev–Trinajstić information content (AvgIpc) is 2.72. The largest absolute Gasteiger partial charge is 0.467 e. The van der Waals surface area contributed by atoms with Crippen molar-refractivity contribution in [1.82, 2.24) is 10.6 Å². The minimum atomic E-state index is -0.818. The number of ether oxygens (including phenoxy) is 2. The van der Waals surface area contributed by atoms with Gasteiger partial charge in [-0.05, 0) is 17.9 Å². The fraction of sp³-hybridized carbons (Fsp3) is 0.591. The molecule has 0 aliphatic heterocycles. The first-order valence-electron chi connectivity index (χ1n) is 10.2. The van der Waals surface area contributed by atoms with Gasteiger partial charge in [0.1, 0.15) is 18.7 Å². The Bertz CT molecular complexity index is 633. The Kier molecular flexibility index (Phi) is 11.5. The van der Waals surface area contributed by atoms with Crippen molar-refractivity contribution in [2.24, 2.45) is 5.92 Å². The molecule has 162 valence electrons. The van der Waals surface area contributed by atoms with Crippen LogP contribution in [0.25, 0.3) is 0 Å². The molecule has 0 bridgehead atoms. The monoisotopic (exact) mass is 406 g/mol. The molecule has 2 atom stereocenters. The van der Waals surface area contributed by atoms with Crippen LogP contribution >= 0.6 is 0 Å². The molecule has 2 N–H and O–H groups in total. The first-order valence-corrected chi connectivity index (χ1v) is 10.2. The molecule has 7 nitrogen and oxygen atoms in total. The van der Waals surface area contributed by atoms with Crippen LogP contribution < -0.4 is 10.6 Å². The van der Waals surface area contributed by atoms with Crippen LogP contribution in [0, 0.1) is 5.92 Å². The molecule has 0 aromatic heterocycles. The molecule has 0 aliphatic carbocycles. The van der Waals surface area contributed by atoms with Crippen LogP contribution in [0.4, 0.5) is 4.79 Å². The fourth-order valence-electron chi connectivity index (χ4n) is 2.85. The summed E-state index contributed by atoms with van der Waals surface area (Å²) in [4.78, 5) is 36.9. The molecular weight excluding hydrogens is 372 g/mol. The number of hydrogen-bond acceptors (Lipinski definition) is 5. The van der Waals surface area contributed by atoms with Crippen molar-refractivity contribution < 1.29 is 23.9 Å². The average molecular weight is 407 g/mol. The summed E-state index contributed by atoms with van der Waals surface area (Å²) in [6, 6.07) is 7.73. The van der Waals surface area contributed by atoms with Crippen molar-refractivity contribution in [1.29, 1.82) is 0 Å². The van der Waals surface area contributed by atoms with E-state index in [-0.39, 0.29) is 12.5 Å². The number of benzene rings is 1. The number of rotatable bonds is 12. The molecule has 7 heteroatoms. The van der Waals surface area contributed by atoms with E-state index in [0.29, 0.717) is 6.42 Å². The van der Waals surface area contributed by atoms with Crippen LogP contribution in [0.1, 0.15) is 58.4 Å². The number of esters is 1. The molecular formula is C22H34N2O5. The molecule has 1 rings (SSSR count). The number of hydrogen-bond donors (Lipinski definition) is 2. The Morgan fingerprint density at radius 1 is 1.00 bits per heavy atom. The summed E-state index contributed by atoms with van der Waals surface area (Å²) in [5.74, 6) is -1.09. The standard InChI is InChI=1S/C22H34N2O5/c1-5-6-7-11-14-18(21(26)28-4)23-20(25)19(16(2)3)24-22(27)29-15-17-12-9-8-10-13-17/h8-10,12-13,16,18-19H,5-7,11,14-15H2,1-4H3,(H,23,25)(H,24,27)/t18-,19-/m0/s1. The van der Waals surface area contributed by atoms with Gasteiger partial charge in [0.25, 0.3) is 0 Å². The first-order chi connectivity index (χ1) is 13.9. The maximum absolute atomic E-state index is 12.7. The Morgan fingerprint density at radius 3 is 2.28 bits per heavy atom. The van der Waals surface area contributed by atoms with Crippen molar-refractivity contribution in [3.8, 4) is 0 Å². The lowest BCUT2D eigenvalue weighted by Crippen LogP contribution is -2.53. The van der Waals surface area contributed by atoms with Crippen molar-refractivity contribution >= 4 is 18.0 Å². The molecule has 0 unspecified atom stereocenters. The van der Waals surface area contributed by atoms with E-state index >= 15 is 0 Å². The summed E-state index contributed by atoms with van der Waals surface area (Å²) in [7, 11) is 1.30. The highest BCUT2D eigenvalue weighted by Crippen LogP contribution is 2.09. The van der Waals surface area contributed by atoms with Gasteiger partial charge in [-0.15, -0.1) is 0 Å². The SMILES string of the molecule is CCCCCC[C@H](NC(=O)[C@@H](NC(=O)OCc1ccccc1)C(C)C)C(=O)OC. The van der Waals surface area contributed by atoms with Gasteiger partial charge in [-0.3, -0.25) is 4.79 Å². The van der Waals surface area contributed by atoms with Gasteiger partial charge in [0, 0.05) is 0 Å². The number of methoxy groups -OCH3 is 1. The number of unbranched alkanes of at least 4 members (excludes halogenated alkanes) is 3. The van der Waals surface area contributed by atoms with Crippen LogP contribution in [0.3, 0.4) is 0 Å². The van der Waals surface area contributed by atoms with Crippen molar-refractivity contribution in [2.45, 2.75) is 71.6 Å². The van der Waals surface area contributed by atoms with E-state index < -0.39 is 30.1 Å². The van der Waals surface area contributed by atoms with Gasteiger partial charge in [-0.1, -0.05) is 76.8 Å². The summed E-state index contributed by atoms with van der Waals surface area (Å²) in [6.07, 6.45) is 3.77. The topological polar surface area (TPSA) is 93.7 Å². The van der Waals surface area contributed by atoms with Gasteiger partial charge >= 0.3 is 12.1 Å². The Morgan fingerprint density at radius 2 is 1.69 bits per heavy atom. The Labute approximate surface area is 173 Å². The van der Waals surface area contributed by atoms with Gasteiger partial charge in [0.05, 0.1) is 7.11 Å². The number of nitrogens with one attached hydrogen (secondary N) is 2. The van der Waals surface area contributed by atoms with E-state index in [1.54, 1.807) is 0 Å². The van der Waals surface area contributed by atoms with Crippen molar-refractivity contribution in [2.75, 3.05) is 7.11 Å². The second-order valence-electron chi connectivity index (χ2n) is 7.36. The molecule has 0 saturated heterocycles. The molecule has 1 aromatic carbocycles. The zero-order valence-corrected chi connectivity index (χ0v) is 17.9. The summed E-state index contributed by atoms with van der Waals surface area (Å²) in [6.45, 7) is 5.85. The highest BCUT2D eigenvalue weighted by molar-refractivity contribution is 5.89. The second kappa shape index (κ2) is 13.6. The zero-order chi connectivity index (χ0) is 21.6. The van der Waals surface area contributed by atoms with Gasteiger partial charge < -0.3 is 20.1 Å². The molecule has 29 heavy (non-hydrogen) atoms. The predicted molar refractivity (Wildman–Crippen MR) is 111 cm³/mol. The minimum Gasteiger partial charge on any atom is -0.467 e. The second-order valence-corrected chi connectivity index (χ2v) is 7.36. The summed E-state index contributed by atoms with van der Waals surface area (Å²) in [5, 5.41) is 5.32. The molecule has 1 aromatic rings. The molecule has 0 heterocycles. The lowest BCUT2D eigenvalue weighted by atomic mass is 10.0. The van der Waals surface area contributed by atoms with Gasteiger partial charge in [0.15, 0.2) is 0 Å². The van der Waals surface area contributed by atoms with E-state index in [4.69, 9.17) is 9.47 Å². The third kappa shape index (κ3) is 9.45. The van der Waals surface area contributed by atoms with E-state index in [1.165, 1.54) is 7.11 Å². The smallest absolute Gasteiger partial charge is 0.408 e. The van der Waals surface area contributed by atoms with Crippen molar-refractivity contribution in [3.63, 3.8) is 0 Å². The van der Waals surface area contributed by atoms with Crippen LogP contribution in [0.2, 0.25) is 0 Å². The third-order valence-electron chi connectivity index (χ3n) is 4.58. The fourth-order valence-corrected chi connectivity index (χ4v) is 2.85. The van der Waals surface area contributed by atoms with E-state index in [9.17, 15) is 14.4 Å². The molecule has 0 fully saturated rings. The summed E-state index contributed by atoms with van der Waals surface area (Å²) in [5.41, 5.74) is 0.853. The molecule has 0 saturated carbocycles. The van der Waals surface area contributed by atoms with Gasteiger partial charge in [-0.2, -0.15) is 0 Å². The lowest BCUT2D eigenvalue weighted by Gasteiger charge is -2.24. The number of carbonyl (C=O) groups is 3. The number of alkyl carbamates (subject to hydrolysis) is 1. The molecule has 2 amide bonds. The molecule has 0 radical (unpaired) electrons. The highest BCUT2D eigenvalue weighted by Gasteiger charge is 2.29. The lowest BCUT2D eigenvalue weighted by molar-refractivity contribution is -0.145. The molecule has 0 aliphatic rings. The summed E-state index contributed by atoms with van der Waals surface area (Å²) < 4.78 is 10.0. The van der Waals surface area contributed by atoms with Crippen LogP contribution in [-0.2, 0) is 25.7 Å². The van der Waals surface area contributed by atoms with Crippen LogP contribution in [-0.4, -0.2) is 37.2 Å². The molecule has 0 spiro atoms. The predicted octanol–water partition coefficient (Wildman–Crippen LogP) is 3.57. The van der Waals surface area contributed by atoms with E-state index in [1.807, 2.05) is 44.2 Å². The van der Waals surface area contributed by atoms with E-state index in [0.717, 1.165) is 31.2 Å². The zero-order valence-electron chi connectivity index (χ0n) is 17.9. The highest BCUT2D eigenvalue weighted by atomic mass is 16.5. The van der Waals surface area contributed by atoms with Crippen LogP contribution in [0.15, 0.2) is 30.3 Å². The van der Waals surface area contributed by atoms with Gasteiger partial charge in [0.2, 0.25) is 5.91 Å². The third-order valence-corrected chi connectivity index (χ3v) is 4.58. The van der Waals surface area contributed by atoms with Crippen LogP contribution in [0.5, 0.6) is 0 Å². The Balaban J connectivity index is 2.63. The maximum atomic E-state index is 12.7. The maximum Gasteiger partial charge on any atom is 0.408 e. The van der Waals surface area contributed by atoms with Gasteiger partial charge in [-0.25, -0.2) is 9.59 Å². The Hall–Kier alpha value is -2.57. The summed E-state index contributed by atoms with van der Waals surface area (Å²) >= 11 is 0. The minimum absolute atomic E-state index is 0.112. The normalized spacial score (nSPS) is 12.7. The number of carbonyl (C=O) groups excluding carboxylic acids is 3. The first kappa shape index (κ1) is 24.5. The number of amides is 2. The quantitative estimate of drug-likeness (QED) is 0.409.